The number of carbonyl (C=O) groups is 2. The Morgan fingerprint density at radius 3 is 2.42 bits per heavy atom. The first-order valence-corrected chi connectivity index (χ1v) is 8.73. The molecule has 0 aliphatic carbocycles. The van der Waals surface area contributed by atoms with E-state index in [0.29, 0.717) is 31.0 Å². The number of carboxylic acids is 1. The maximum atomic E-state index is 12.6. The Labute approximate surface area is 151 Å². The van der Waals surface area contributed by atoms with Gasteiger partial charge in [-0.2, -0.15) is 0 Å². The molecule has 0 saturated carbocycles. The van der Waals surface area contributed by atoms with Crippen molar-refractivity contribution in [2.75, 3.05) is 13.1 Å². The van der Waals surface area contributed by atoms with E-state index in [1.54, 1.807) is 42.4 Å². The van der Waals surface area contributed by atoms with Gasteiger partial charge in [0.15, 0.2) is 0 Å². The molecule has 1 aromatic carbocycles. The van der Waals surface area contributed by atoms with Gasteiger partial charge in [-0.15, -0.1) is 0 Å². The van der Waals surface area contributed by atoms with Crippen molar-refractivity contribution in [3.63, 3.8) is 0 Å². The van der Waals surface area contributed by atoms with E-state index < -0.39 is 5.97 Å². The lowest BCUT2D eigenvalue weighted by atomic mass is 9.88. The molecular formula is C20H22N2O4. The second-order valence-corrected chi connectivity index (χ2v) is 6.74. The lowest BCUT2D eigenvalue weighted by molar-refractivity contribution is 0.0688. The van der Waals surface area contributed by atoms with Crippen LogP contribution in [0.2, 0.25) is 0 Å². The number of aromatic carboxylic acids is 1. The van der Waals surface area contributed by atoms with E-state index in [-0.39, 0.29) is 17.0 Å². The number of piperidine rings is 1. The van der Waals surface area contributed by atoms with E-state index in [9.17, 15) is 19.5 Å². The molecule has 1 aliphatic heterocycles. The molecule has 6 nitrogen and oxygen atoms in total. The van der Waals surface area contributed by atoms with Crippen molar-refractivity contribution in [3.05, 3.63) is 69.6 Å². The predicted molar refractivity (Wildman–Crippen MR) is 97.4 cm³/mol. The summed E-state index contributed by atoms with van der Waals surface area (Å²) >= 11 is 0. The maximum absolute atomic E-state index is 12.6. The number of pyridine rings is 1. The molecule has 1 amide bonds. The summed E-state index contributed by atoms with van der Waals surface area (Å²) in [4.78, 5) is 37.8. The Hall–Kier alpha value is -2.89. The van der Waals surface area contributed by atoms with Crippen LogP contribution < -0.4 is 5.56 Å². The number of nitrogens with zero attached hydrogens (tertiary/aromatic N) is 2. The zero-order valence-electron chi connectivity index (χ0n) is 14.7. The highest BCUT2D eigenvalue weighted by Crippen LogP contribution is 2.24. The van der Waals surface area contributed by atoms with Crippen LogP contribution in [0, 0.1) is 5.92 Å². The lowest BCUT2D eigenvalue weighted by Gasteiger charge is -2.32. The van der Waals surface area contributed by atoms with E-state index in [1.165, 1.54) is 4.57 Å². The van der Waals surface area contributed by atoms with Crippen LogP contribution in [0.1, 0.15) is 39.1 Å². The van der Waals surface area contributed by atoms with E-state index in [1.807, 2.05) is 12.1 Å². The minimum Gasteiger partial charge on any atom is -0.478 e. The molecule has 0 bridgehead atoms. The molecule has 2 aromatic rings. The summed E-state index contributed by atoms with van der Waals surface area (Å²) in [5.74, 6) is -0.804. The second-order valence-electron chi connectivity index (χ2n) is 6.74. The normalized spacial score (nSPS) is 15.0. The molecule has 0 atom stereocenters. The topological polar surface area (TPSA) is 79.6 Å². The van der Waals surface area contributed by atoms with Gasteiger partial charge in [0.05, 0.1) is 5.56 Å². The van der Waals surface area contributed by atoms with Gasteiger partial charge in [0.25, 0.3) is 11.5 Å². The van der Waals surface area contributed by atoms with Crippen LogP contribution >= 0.6 is 0 Å². The zero-order valence-corrected chi connectivity index (χ0v) is 14.7. The molecule has 136 valence electrons. The van der Waals surface area contributed by atoms with Gasteiger partial charge < -0.3 is 14.6 Å². The third kappa shape index (κ3) is 3.69. The van der Waals surface area contributed by atoms with Crippen molar-refractivity contribution in [3.8, 4) is 0 Å². The first kappa shape index (κ1) is 17.9. The molecule has 2 heterocycles. The van der Waals surface area contributed by atoms with E-state index in [2.05, 4.69) is 0 Å². The smallest absolute Gasteiger partial charge is 0.335 e. The van der Waals surface area contributed by atoms with Crippen molar-refractivity contribution in [1.82, 2.24) is 9.47 Å². The average Bonchev–Trinajstić information content (AvgIpc) is 2.64. The standard InChI is InChI=1S/C20H22N2O4/c1-21-10-4-7-17(18(21)23)19(24)22-11-8-14(9-12-22)13-15-5-2-3-6-16(15)20(25)26/h2-7,10,14H,8-9,11-13H2,1H3,(H,25,26). The number of carbonyl (C=O) groups excluding carboxylic acids is 1. The quantitative estimate of drug-likeness (QED) is 0.913. The number of aromatic nitrogens is 1. The van der Waals surface area contributed by atoms with Gasteiger partial charge in [-0.25, -0.2) is 4.79 Å². The first-order chi connectivity index (χ1) is 12.5. The number of likely N-dealkylation sites (tertiary alicyclic amines) is 1. The van der Waals surface area contributed by atoms with Crippen LogP contribution in [0.15, 0.2) is 47.4 Å². The van der Waals surface area contributed by atoms with Crippen molar-refractivity contribution >= 4 is 11.9 Å². The Bertz CT molecular complexity index is 879. The second kappa shape index (κ2) is 7.56. The van der Waals surface area contributed by atoms with Gasteiger partial charge in [-0.05, 0) is 48.9 Å². The third-order valence-corrected chi connectivity index (χ3v) is 5.01. The van der Waals surface area contributed by atoms with Gasteiger partial charge in [-0.1, -0.05) is 18.2 Å². The predicted octanol–water partition coefficient (Wildman–Crippen LogP) is 2.18. The van der Waals surface area contributed by atoms with Crippen molar-refractivity contribution < 1.29 is 14.7 Å². The fourth-order valence-electron chi connectivity index (χ4n) is 3.49. The van der Waals surface area contributed by atoms with Gasteiger partial charge in [0, 0.05) is 26.3 Å². The summed E-state index contributed by atoms with van der Waals surface area (Å²) in [6, 6.07) is 10.3. The fraction of sp³-hybridized carbons (Fsp3) is 0.350. The Balaban J connectivity index is 1.65. The van der Waals surface area contributed by atoms with E-state index in [0.717, 1.165) is 18.4 Å². The summed E-state index contributed by atoms with van der Waals surface area (Å²) in [6.07, 6.45) is 3.92. The number of hydrogen-bond donors (Lipinski definition) is 1. The average molecular weight is 354 g/mol. The molecular weight excluding hydrogens is 332 g/mol. The summed E-state index contributed by atoms with van der Waals surface area (Å²) in [7, 11) is 1.63. The molecule has 1 aromatic heterocycles. The Kier molecular flexibility index (Phi) is 5.21. The van der Waals surface area contributed by atoms with Gasteiger partial charge in [0.2, 0.25) is 0 Å². The van der Waals surface area contributed by atoms with Crippen LogP contribution in [0.5, 0.6) is 0 Å². The lowest BCUT2D eigenvalue weighted by Crippen LogP contribution is -2.41. The molecule has 1 aliphatic rings. The summed E-state index contributed by atoms with van der Waals surface area (Å²) in [5, 5.41) is 9.30. The molecule has 1 N–H and O–H groups in total. The van der Waals surface area contributed by atoms with Crippen LogP contribution in [0.4, 0.5) is 0 Å². The molecule has 6 heteroatoms. The van der Waals surface area contributed by atoms with Crippen LogP contribution in [-0.4, -0.2) is 39.5 Å². The minimum absolute atomic E-state index is 0.199. The highest BCUT2D eigenvalue weighted by atomic mass is 16.4. The van der Waals surface area contributed by atoms with Crippen molar-refractivity contribution in [2.24, 2.45) is 13.0 Å². The number of aryl methyl sites for hydroxylation is 1. The number of hydrogen-bond acceptors (Lipinski definition) is 3. The van der Waals surface area contributed by atoms with Gasteiger partial charge in [0.1, 0.15) is 5.56 Å². The number of benzene rings is 1. The monoisotopic (exact) mass is 354 g/mol. The number of carboxylic acid groups (broad SMARTS) is 1. The van der Waals surface area contributed by atoms with Gasteiger partial charge in [-0.3, -0.25) is 9.59 Å². The van der Waals surface area contributed by atoms with Crippen molar-refractivity contribution in [2.45, 2.75) is 19.3 Å². The zero-order chi connectivity index (χ0) is 18.7. The highest BCUT2D eigenvalue weighted by Gasteiger charge is 2.26. The van der Waals surface area contributed by atoms with Crippen LogP contribution in [0.3, 0.4) is 0 Å². The third-order valence-electron chi connectivity index (χ3n) is 5.01. The Morgan fingerprint density at radius 2 is 1.73 bits per heavy atom. The van der Waals surface area contributed by atoms with E-state index in [4.69, 9.17) is 0 Å². The van der Waals surface area contributed by atoms with Gasteiger partial charge >= 0.3 is 5.97 Å². The molecule has 3 rings (SSSR count). The SMILES string of the molecule is Cn1cccc(C(=O)N2CCC(Cc3ccccc3C(=O)O)CC2)c1=O. The number of rotatable bonds is 4. The molecule has 1 saturated heterocycles. The summed E-state index contributed by atoms with van der Waals surface area (Å²) < 4.78 is 1.41. The first-order valence-electron chi connectivity index (χ1n) is 8.73. The van der Waals surface area contributed by atoms with E-state index >= 15 is 0 Å². The molecule has 26 heavy (non-hydrogen) atoms. The summed E-state index contributed by atoms with van der Waals surface area (Å²) in [6.45, 7) is 1.16. The minimum atomic E-state index is -0.909. The fourth-order valence-corrected chi connectivity index (χ4v) is 3.49. The molecule has 1 fully saturated rings. The highest BCUT2D eigenvalue weighted by molar-refractivity contribution is 5.94. The van der Waals surface area contributed by atoms with Crippen LogP contribution in [-0.2, 0) is 13.5 Å². The molecule has 0 unspecified atom stereocenters. The van der Waals surface area contributed by atoms with Crippen LogP contribution in [0.25, 0.3) is 0 Å². The largest absolute Gasteiger partial charge is 0.478 e. The van der Waals surface area contributed by atoms with Crippen molar-refractivity contribution in [1.29, 1.82) is 0 Å². The maximum Gasteiger partial charge on any atom is 0.335 e. The molecule has 0 radical (unpaired) electrons. The molecule has 0 spiro atoms. The summed E-state index contributed by atoms with van der Waals surface area (Å²) in [5.41, 5.74) is 1.10. The Morgan fingerprint density at radius 1 is 1.08 bits per heavy atom. The number of amides is 1.